The van der Waals surface area contributed by atoms with Crippen LogP contribution in [0.3, 0.4) is 0 Å². The van der Waals surface area contributed by atoms with E-state index in [1.807, 2.05) is 49.4 Å². The SMILES string of the molecule is COC(=O)C1(c2cccc(-c3ccccc3)c2C)C(C=C(Cl)C(F)(F)F)C1(C)C. The Morgan fingerprint density at radius 1 is 1.10 bits per heavy atom. The minimum Gasteiger partial charge on any atom is -0.468 e. The third-order valence-corrected chi connectivity index (χ3v) is 6.45. The van der Waals surface area contributed by atoms with Crippen molar-refractivity contribution in [1.29, 1.82) is 0 Å². The molecule has 2 aromatic carbocycles. The van der Waals surface area contributed by atoms with Gasteiger partial charge in [0.05, 0.1) is 7.11 Å². The summed E-state index contributed by atoms with van der Waals surface area (Å²) in [5.74, 6) is -1.31. The van der Waals surface area contributed by atoms with Gasteiger partial charge in [0, 0.05) is 5.92 Å². The molecule has 154 valence electrons. The smallest absolute Gasteiger partial charge is 0.426 e. The van der Waals surface area contributed by atoms with Crippen molar-refractivity contribution in [2.24, 2.45) is 11.3 Å². The van der Waals surface area contributed by atoms with Gasteiger partial charge in [0.25, 0.3) is 0 Å². The molecule has 0 spiro atoms. The van der Waals surface area contributed by atoms with Gasteiger partial charge in [-0.1, -0.05) is 80.1 Å². The summed E-state index contributed by atoms with van der Waals surface area (Å²) in [6.45, 7) is 5.41. The van der Waals surface area contributed by atoms with Crippen LogP contribution in [0.15, 0.2) is 59.6 Å². The Kier molecular flexibility index (Phi) is 5.33. The second-order valence-corrected chi connectivity index (χ2v) is 8.26. The minimum absolute atomic E-state index is 0.566. The Morgan fingerprint density at radius 2 is 1.72 bits per heavy atom. The second-order valence-electron chi connectivity index (χ2n) is 7.86. The van der Waals surface area contributed by atoms with Gasteiger partial charge in [0.2, 0.25) is 0 Å². The molecule has 6 heteroatoms. The number of ether oxygens (including phenoxy) is 1. The summed E-state index contributed by atoms with van der Waals surface area (Å²) in [7, 11) is 1.25. The molecule has 0 aliphatic heterocycles. The van der Waals surface area contributed by atoms with E-state index in [-0.39, 0.29) is 0 Å². The van der Waals surface area contributed by atoms with Crippen molar-refractivity contribution in [3.8, 4) is 11.1 Å². The van der Waals surface area contributed by atoms with E-state index in [0.717, 1.165) is 22.8 Å². The average molecular weight is 423 g/mol. The van der Waals surface area contributed by atoms with Crippen LogP contribution in [-0.2, 0) is 14.9 Å². The van der Waals surface area contributed by atoms with Gasteiger partial charge < -0.3 is 4.74 Å². The summed E-state index contributed by atoms with van der Waals surface area (Å²) < 4.78 is 44.3. The highest BCUT2D eigenvalue weighted by Crippen LogP contribution is 2.71. The number of allylic oxidation sites excluding steroid dienone is 2. The molecule has 1 saturated carbocycles. The van der Waals surface area contributed by atoms with Gasteiger partial charge in [-0.05, 0) is 34.6 Å². The van der Waals surface area contributed by atoms with Gasteiger partial charge in [0.15, 0.2) is 0 Å². The van der Waals surface area contributed by atoms with Gasteiger partial charge in [0.1, 0.15) is 10.4 Å². The maximum absolute atomic E-state index is 13.1. The van der Waals surface area contributed by atoms with Crippen molar-refractivity contribution in [2.45, 2.75) is 32.4 Å². The highest BCUT2D eigenvalue weighted by atomic mass is 35.5. The largest absolute Gasteiger partial charge is 0.468 e. The number of alkyl halides is 3. The van der Waals surface area contributed by atoms with Crippen LogP contribution in [0, 0.1) is 18.3 Å². The van der Waals surface area contributed by atoms with E-state index in [1.165, 1.54) is 7.11 Å². The van der Waals surface area contributed by atoms with Crippen molar-refractivity contribution in [2.75, 3.05) is 7.11 Å². The third kappa shape index (κ3) is 3.25. The normalized spacial score (nSPS) is 23.6. The topological polar surface area (TPSA) is 26.3 Å². The Balaban J connectivity index is 2.21. The van der Waals surface area contributed by atoms with Gasteiger partial charge in [-0.25, -0.2) is 0 Å². The van der Waals surface area contributed by atoms with Crippen molar-refractivity contribution in [3.63, 3.8) is 0 Å². The maximum Gasteiger partial charge on any atom is 0.426 e. The van der Waals surface area contributed by atoms with E-state index in [1.54, 1.807) is 19.9 Å². The fraction of sp³-hybridized carbons (Fsp3) is 0.348. The maximum atomic E-state index is 13.1. The van der Waals surface area contributed by atoms with Crippen molar-refractivity contribution < 1.29 is 22.7 Å². The Bertz CT molecular complexity index is 964. The fourth-order valence-corrected chi connectivity index (χ4v) is 4.67. The molecule has 0 heterocycles. The molecular formula is C23H22ClF3O2. The number of hydrogen-bond donors (Lipinski definition) is 0. The molecule has 1 aliphatic rings. The molecule has 0 N–H and O–H groups in total. The molecule has 0 aromatic heterocycles. The predicted octanol–water partition coefficient (Wildman–Crippen LogP) is 6.41. The van der Waals surface area contributed by atoms with Crippen molar-refractivity contribution in [1.82, 2.24) is 0 Å². The first-order valence-electron chi connectivity index (χ1n) is 9.18. The summed E-state index contributed by atoms with van der Waals surface area (Å²) in [4.78, 5) is 13.0. The summed E-state index contributed by atoms with van der Waals surface area (Å²) in [5, 5.41) is -1.22. The first kappa shape index (κ1) is 21.4. The molecule has 2 nitrogen and oxygen atoms in total. The predicted molar refractivity (Wildman–Crippen MR) is 108 cm³/mol. The summed E-state index contributed by atoms with van der Waals surface area (Å²) >= 11 is 5.53. The lowest BCUT2D eigenvalue weighted by atomic mass is 9.82. The lowest BCUT2D eigenvalue weighted by molar-refractivity contribution is -0.145. The van der Waals surface area contributed by atoms with E-state index in [9.17, 15) is 18.0 Å². The number of rotatable bonds is 4. The van der Waals surface area contributed by atoms with Crippen LogP contribution < -0.4 is 0 Å². The number of benzene rings is 2. The molecule has 1 aliphatic carbocycles. The Labute approximate surface area is 173 Å². The molecule has 0 bridgehead atoms. The summed E-state index contributed by atoms with van der Waals surface area (Å²) in [6.07, 6.45) is -3.71. The second kappa shape index (κ2) is 7.21. The molecule has 2 aromatic rings. The van der Waals surface area contributed by atoms with Crippen LogP contribution in [0.25, 0.3) is 11.1 Å². The molecule has 29 heavy (non-hydrogen) atoms. The monoisotopic (exact) mass is 422 g/mol. The summed E-state index contributed by atoms with van der Waals surface area (Å²) in [5.41, 5.74) is 1.32. The van der Waals surface area contributed by atoms with Gasteiger partial charge in [-0.15, -0.1) is 0 Å². The zero-order valence-electron chi connectivity index (χ0n) is 16.6. The summed E-state index contributed by atoms with van der Waals surface area (Å²) in [6, 6.07) is 15.2. The zero-order chi connectivity index (χ0) is 21.6. The molecule has 2 unspecified atom stereocenters. The van der Waals surface area contributed by atoms with Gasteiger partial charge in [-0.3, -0.25) is 4.79 Å². The fourth-order valence-electron chi connectivity index (χ4n) is 4.55. The molecule has 1 fully saturated rings. The number of methoxy groups -OCH3 is 1. The Hall–Kier alpha value is -2.27. The third-order valence-electron chi connectivity index (χ3n) is 6.11. The molecule has 0 saturated heterocycles. The van der Waals surface area contributed by atoms with E-state index in [0.29, 0.717) is 5.56 Å². The highest BCUT2D eigenvalue weighted by molar-refractivity contribution is 6.30. The van der Waals surface area contributed by atoms with E-state index < -0.39 is 33.9 Å². The first-order valence-corrected chi connectivity index (χ1v) is 9.55. The van der Waals surface area contributed by atoms with Crippen LogP contribution in [0.1, 0.15) is 25.0 Å². The van der Waals surface area contributed by atoms with Crippen LogP contribution in [0.5, 0.6) is 0 Å². The Morgan fingerprint density at radius 3 is 2.28 bits per heavy atom. The number of carbonyl (C=O) groups excluding carboxylic acids is 1. The van der Waals surface area contributed by atoms with E-state index in [4.69, 9.17) is 16.3 Å². The van der Waals surface area contributed by atoms with Crippen LogP contribution in [-0.4, -0.2) is 19.3 Å². The number of hydrogen-bond acceptors (Lipinski definition) is 2. The minimum atomic E-state index is -4.66. The lowest BCUT2D eigenvalue weighted by Gasteiger charge is -2.22. The average Bonchev–Trinajstić information content (AvgIpc) is 3.16. The molecule has 0 amide bonds. The van der Waals surface area contributed by atoms with Crippen molar-refractivity contribution >= 4 is 17.6 Å². The number of carbonyl (C=O) groups is 1. The highest BCUT2D eigenvalue weighted by Gasteiger charge is 2.76. The molecule has 2 atom stereocenters. The van der Waals surface area contributed by atoms with E-state index >= 15 is 0 Å². The van der Waals surface area contributed by atoms with Crippen LogP contribution in [0.2, 0.25) is 0 Å². The van der Waals surface area contributed by atoms with Crippen molar-refractivity contribution in [3.05, 3.63) is 70.8 Å². The molecule has 0 radical (unpaired) electrons. The lowest BCUT2D eigenvalue weighted by Crippen LogP contribution is -2.29. The van der Waals surface area contributed by atoms with E-state index in [2.05, 4.69) is 0 Å². The molecule has 3 rings (SSSR count). The quantitative estimate of drug-likeness (QED) is 0.532. The zero-order valence-corrected chi connectivity index (χ0v) is 17.4. The standard InChI is InChI=1S/C23H22ClF3O2/c1-14-16(15-9-6-5-7-10-15)11-8-12-17(14)22(20(28)29-4)18(21(22,2)3)13-19(24)23(25,26)27/h5-13,18H,1-4H3. The van der Waals surface area contributed by atoms with Gasteiger partial charge in [-0.2, -0.15) is 13.2 Å². The number of halogens is 4. The first-order chi connectivity index (χ1) is 13.5. The number of esters is 1. The van der Waals surface area contributed by atoms with Crippen LogP contribution in [0.4, 0.5) is 13.2 Å². The van der Waals surface area contributed by atoms with Gasteiger partial charge >= 0.3 is 12.1 Å². The van der Waals surface area contributed by atoms with Crippen LogP contribution >= 0.6 is 11.6 Å². The molecular weight excluding hydrogens is 401 g/mol.